The van der Waals surface area contributed by atoms with E-state index < -0.39 is 0 Å². The van der Waals surface area contributed by atoms with Crippen molar-refractivity contribution in [3.8, 4) is 12.1 Å². The molecule has 2 aromatic carbocycles. The predicted octanol–water partition coefficient (Wildman–Crippen LogP) is 8.32. The monoisotopic (exact) mass is 378 g/mol. The van der Waals surface area contributed by atoms with Crippen LogP contribution in [0.5, 0.6) is 0 Å². The molecule has 0 aliphatic heterocycles. The molecule has 0 saturated heterocycles. The lowest BCUT2D eigenvalue weighted by atomic mass is 10.2. The van der Waals surface area contributed by atoms with Crippen molar-refractivity contribution in [2.75, 3.05) is 0 Å². The molecule has 2 rings (SSSR count). The van der Waals surface area contributed by atoms with Gasteiger partial charge in [0.25, 0.3) is 0 Å². The first-order valence-electron chi connectivity index (χ1n) is 10.3. The van der Waals surface area contributed by atoms with Crippen molar-refractivity contribution in [2.24, 2.45) is 0 Å². The highest BCUT2D eigenvalue weighted by Crippen LogP contribution is 2.16. The topological polar surface area (TPSA) is 56.3 Å². The average molecular weight is 379 g/mol. The van der Waals surface area contributed by atoms with Crippen LogP contribution in [-0.4, -0.2) is 0 Å². The zero-order valence-electron chi connectivity index (χ0n) is 20.3. The Morgan fingerprint density at radius 3 is 1.82 bits per heavy atom. The molecule has 0 radical (unpaired) electrons. The van der Waals surface area contributed by atoms with Crippen molar-refractivity contribution in [2.45, 2.75) is 55.4 Å². The Balaban J connectivity index is -0.000000169. The second-order valence-corrected chi connectivity index (χ2v) is 3.35. The Morgan fingerprint density at radius 1 is 0.821 bits per heavy atom. The standard InChI is InChI=1S/2C8H4N2.4C2H6/c1-10-8-4-2-3-7(5-8)6-9;1-10-8-5-3-2-4-7(8)6-9;4*1-2/h2*2-5H;4*1-2H3/i3D;2D;;;;. The molecule has 4 nitrogen and oxygen atoms in total. The van der Waals surface area contributed by atoms with Gasteiger partial charge in [-0.1, -0.05) is 91.8 Å². The third-order valence-electron chi connectivity index (χ3n) is 2.12. The minimum Gasteiger partial charge on any atom is -0.238 e. The van der Waals surface area contributed by atoms with Crippen LogP contribution < -0.4 is 0 Å². The van der Waals surface area contributed by atoms with E-state index in [1.54, 1.807) is 0 Å². The largest absolute Gasteiger partial charge is 0.238 e. The van der Waals surface area contributed by atoms with Crippen LogP contribution in [-0.2, 0) is 0 Å². The highest BCUT2D eigenvalue weighted by molar-refractivity contribution is 5.57. The van der Waals surface area contributed by atoms with Gasteiger partial charge in [-0.3, -0.25) is 0 Å². The first kappa shape index (κ1) is 26.6. The number of nitriles is 2. The van der Waals surface area contributed by atoms with Crippen molar-refractivity contribution < 1.29 is 2.74 Å². The number of hydrogen-bond acceptors (Lipinski definition) is 2. The summed E-state index contributed by atoms with van der Waals surface area (Å²) in [4.78, 5) is 6.26. The Hall–Kier alpha value is -3.60. The van der Waals surface area contributed by atoms with E-state index in [1.807, 2.05) is 67.5 Å². The minimum absolute atomic E-state index is 0.167. The third-order valence-corrected chi connectivity index (χ3v) is 2.12. The molecule has 28 heavy (non-hydrogen) atoms. The maximum absolute atomic E-state index is 8.50. The van der Waals surface area contributed by atoms with Crippen LogP contribution in [0.15, 0.2) is 48.5 Å². The third kappa shape index (κ3) is 15.9. The fraction of sp³-hybridized carbons (Fsp3) is 0.333. The van der Waals surface area contributed by atoms with Gasteiger partial charge in [0.2, 0.25) is 5.69 Å². The summed E-state index contributed by atoms with van der Waals surface area (Å²) in [7, 11) is 0. The number of benzene rings is 2. The molecular weight excluding hydrogens is 344 g/mol. The van der Waals surface area contributed by atoms with E-state index in [-0.39, 0.29) is 23.2 Å². The number of rotatable bonds is 0. The van der Waals surface area contributed by atoms with E-state index in [2.05, 4.69) is 9.69 Å². The average Bonchev–Trinajstić information content (AvgIpc) is 2.84. The molecule has 0 unspecified atom stereocenters. The van der Waals surface area contributed by atoms with Gasteiger partial charge in [0, 0.05) is 5.56 Å². The number of para-hydroxylation sites is 1. The zero-order valence-corrected chi connectivity index (χ0v) is 18.3. The highest BCUT2D eigenvalue weighted by atomic mass is 14.6. The molecule has 0 N–H and O–H groups in total. The fourth-order valence-corrected chi connectivity index (χ4v) is 1.20. The van der Waals surface area contributed by atoms with Gasteiger partial charge in [0.1, 0.15) is 0 Å². The molecular formula is C24H32N4. The van der Waals surface area contributed by atoms with Gasteiger partial charge in [-0.2, -0.15) is 10.5 Å². The van der Waals surface area contributed by atoms with E-state index >= 15 is 0 Å². The molecule has 0 aromatic heterocycles. The van der Waals surface area contributed by atoms with Crippen LogP contribution in [0, 0.1) is 35.8 Å². The van der Waals surface area contributed by atoms with Gasteiger partial charge >= 0.3 is 0 Å². The summed E-state index contributed by atoms with van der Waals surface area (Å²) in [6, 6.07) is 12.9. The van der Waals surface area contributed by atoms with E-state index in [0.29, 0.717) is 11.4 Å². The van der Waals surface area contributed by atoms with E-state index in [9.17, 15) is 0 Å². The van der Waals surface area contributed by atoms with Gasteiger partial charge in [-0.05, 0) is 12.1 Å². The summed E-state index contributed by atoms with van der Waals surface area (Å²) >= 11 is 0. The van der Waals surface area contributed by atoms with Crippen LogP contribution >= 0.6 is 0 Å². The zero-order chi connectivity index (χ0) is 24.5. The molecule has 0 heterocycles. The van der Waals surface area contributed by atoms with Crippen molar-refractivity contribution in [1.82, 2.24) is 0 Å². The van der Waals surface area contributed by atoms with E-state index in [4.69, 9.17) is 26.4 Å². The predicted molar refractivity (Wildman–Crippen MR) is 120 cm³/mol. The van der Waals surface area contributed by atoms with Crippen molar-refractivity contribution in [3.05, 3.63) is 82.4 Å². The molecule has 2 aromatic rings. The summed E-state index contributed by atoms with van der Waals surface area (Å²) in [6.07, 6.45) is 0. The van der Waals surface area contributed by atoms with Gasteiger partial charge in [0.15, 0.2) is 5.69 Å². The molecule has 0 fully saturated rings. The number of hydrogen-bond donors (Lipinski definition) is 0. The lowest BCUT2D eigenvalue weighted by molar-refractivity contribution is 1.49. The summed E-state index contributed by atoms with van der Waals surface area (Å²) in [5.41, 5.74) is 1.23. The molecule has 4 heteroatoms. The van der Waals surface area contributed by atoms with Crippen molar-refractivity contribution in [3.63, 3.8) is 0 Å². The Morgan fingerprint density at radius 2 is 1.39 bits per heavy atom. The normalized spacial score (nSPS) is 7.43. The first-order valence-corrected chi connectivity index (χ1v) is 9.32. The van der Waals surface area contributed by atoms with Crippen LogP contribution in [0.4, 0.5) is 11.4 Å². The van der Waals surface area contributed by atoms with Crippen molar-refractivity contribution in [1.29, 1.82) is 10.5 Å². The molecule has 0 bridgehead atoms. The quantitative estimate of drug-likeness (QED) is 0.433. The maximum Gasteiger partial charge on any atom is 0.204 e. The summed E-state index contributed by atoms with van der Waals surface area (Å²) < 4.78 is 14.4. The van der Waals surface area contributed by atoms with Crippen molar-refractivity contribution >= 4 is 11.4 Å². The maximum atomic E-state index is 8.50. The number of nitrogens with zero attached hydrogens (tertiary/aromatic N) is 4. The van der Waals surface area contributed by atoms with Crippen LogP contribution in [0.2, 0.25) is 0 Å². The van der Waals surface area contributed by atoms with Crippen LogP contribution in [0.1, 0.15) is 69.3 Å². The summed E-state index contributed by atoms with van der Waals surface area (Å²) in [6.45, 7) is 29.3. The first-order chi connectivity index (χ1) is 14.5. The second-order valence-electron chi connectivity index (χ2n) is 3.35. The van der Waals surface area contributed by atoms with Gasteiger partial charge in [0.05, 0.1) is 33.6 Å². The minimum atomic E-state index is 0.167. The molecule has 0 aliphatic rings. The van der Waals surface area contributed by atoms with Crippen LogP contribution in [0.3, 0.4) is 0 Å². The smallest absolute Gasteiger partial charge is 0.204 e. The SMILES string of the molecule is CC.CC.CC.CC.[2H]c1ccc([N+]#[C-])c(C#N)c1.[2H]c1ccc([N+]#[C-])cc1C#N. The lowest BCUT2D eigenvalue weighted by Crippen LogP contribution is -1.70. The van der Waals surface area contributed by atoms with Crippen LogP contribution in [0.25, 0.3) is 9.69 Å². The second kappa shape index (κ2) is 28.2. The van der Waals surface area contributed by atoms with Gasteiger partial charge < -0.3 is 0 Å². The lowest BCUT2D eigenvalue weighted by Gasteiger charge is -1.88. The van der Waals surface area contributed by atoms with Gasteiger partial charge in [-0.15, -0.1) is 0 Å². The molecule has 0 saturated carbocycles. The molecule has 0 aliphatic carbocycles. The molecule has 0 amide bonds. The van der Waals surface area contributed by atoms with Gasteiger partial charge in [-0.25, -0.2) is 9.69 Å². The van der Waals surface area contributed by atoms with E-state index in [0.717, 1.165) is 0 Å². The fourth-order valence-electron chi connectivity index (χ4n) is 1.20. The summed E-state index contributed by atoms with van der Waals surface area (Å²) in [5, 5.41) is 17.0. The summed E-state index contributed by atoms with van der Waals surface area (Å²) in [5.74, 6) is 0. The molecule has 0 atom stereocenters. The van der Waals surface area contributed by atoms with E-state index in [1.165, 1.54) is 36.4 Å². The Bertz CT molecular complexity index is 865. The molecule has 0 spiro atoms. The molecule has 148 valence electrons. The Labute approximate surface area is 175 Å². The Kier molecular flexibility index (Phi) is 26.8. The highest BCUT2D eigenvalue weighted by Gasteiger charge is 1.96.